The van der Waals surface area contributed by atoms with Crippen molar-refractivity contribution in [3.63, 3.8) is 0 Å². The van der Waals surface area contributed by atoms with Crippen LogP contribution < -0.4 is 5.73 Å². The van der Waals surface area contributed by atoms with Crippen molar-refractivity contribution in [1.29, 1.82) is 0 Å². The molecule has 116 valence electrons. The van der Waals surface area contributed by atoms with Crippen LogP contribution in [0.25, 0.3) is 6.08 Å². The van der Waals surface area contributed by atoms with Crippen molar-refractivity contribution in [2.75, 3.05) is 0 Å². The molecule has 2 nitrogen and oxygen atoms in total. The molecule has 0 spiro atoms. The summed E-state index contributed by atoms with van der Waals surface area (Å²) in [6.45, 7) is 8.45. The summed E-state index contributed by atoms with van der Waals surface area (Å²) in [4.78, 5) is 11.7. The fraction of sp³-hybridized carbons (Fsp3) is 0.526. The molecule has 0 aromatic heterocycles. The van der Waals surface area contributed by atoms with Crippen molar-refractivity contribution in [2.45, 2.75) is 65.3 Å². The van der Waals surface area contributed by atoms with Crippen LogP contribution in [0.2, 0.25) is 0 Å². The first-order chi connectivity index (χ1) is 9.93. The van der Waals surface area contributed by atoms with Crippen LogP contribution in [-0.4, -0.2) is 11.8 Å². The van der Waals surface area contributed by atoms with Crippen molar-refractivity contribution in [2.24, 2.45) is 5.73 Å². The van der Waals surface area contributed by atoms with Gasteiger partial charge in [0.25, 0.3) is 0 Å². The standard InChI is InChI=1S/C19H29NO/c1-5-15(3)19-9-7-6-8-17(19)12-14(2)10-11-18(21)13-16(4)20/h6-9,12,15-16H,5,10-11,13,20H2,1-4H3/b14-12+. The molecule has 0 aliphatic heterocycles. The first-order valence-corrected chi connectivity index (χ1v) is 7.97. The minimum atomic E-state index is -0.0343. The Labute approximate surface area is 129 Å². The van der Waals surface area contributed by atoms with Crippen LogP contribution in [0.15, 0.2) is 29.8 Å². The molecule has 0 aliphatic rings. The summed E-state index contributed by atoms with van der Waals surface area (Å²) < 4.78 is 0. The van der Waals surface area contributed by atoms with Crippen molar-refractivity contribution < 1.29 is 4.79 Å². The van der Waals surface area contributed by atoms with Crippen LogP contribution in [-0.2, 0) is 4.79 Å². The highest BCUT2D eigenvalue weighted by Crippen LogP contribution is 2.25. The number of hydrogen-bond acceptors (Lipinski definition) is 2. The molecule has 0 fully saturated rings. The number of hydrogen-bond donors (Lipinski definition) is 1. The molecule has 1 rings (SSSR count). The Morgan fingerprint density at radius 3 is 2.52 bits per heavy atom. The van der Waals surface area contributed by atoms with Gasteiger partial charge in [-0.25, -0.2) is 0 Å². The largest absolute Gasteiger partial charge is 0.328 e. The van der Waals surface area contributed by atoms with Gasteiger partial charge in [0, 0.05) is 18.9 Å². The average Bonchev–Trinajstić information content (AvgIpc) is 2.44. The molecule has 21 heavy (non-hydrogen) atoms. The molecular weight excluding hydrogens is 258 g/mol. The van der Waals surface area contributed by atoms with E-state index in [1.54, 1.807) is 0 Å². The van der Waals surface area contributed by atoms with Gasteiger partial charge < -0.3 is 5.73 Å². The van der Waals surface area contributed by atoms with E-state index in [9.17, 15) is 4.79 Å². The van der Waals surface area contributed by atoms with Gasteiger partial charge in [0.2, 0.25) is 0 Å². The first-order valence-electron chi connectivity index (χ1n) is 7.97. The Kier molecular flexibility index (Phi) is 7.38. The van der Waals surface area contributed by atoms with E-state index in [2.05, 4.69) is 51.1 Å². The van der Waals surface area contributed by atoms with E-state index in [-0.39, 0.29) is 11.8 Å². The second kappa shape index (κ2) is 8.78. The Bertz CT molecular complexity index is 488. The zero-order chi connectivity index (χ0) is 15.8. The zero-order valence-electron chi connectivity index (χ0n) is 13.9. The van der Waals surface area contributed by atoms with E-state index in [1.165, 1.54) is 16.7 Å². The monoisotopic (exact) mass is 287 g/mol. The van der Waals surface area contributed by atoms with Crippen molar-refractivity contribution in [3.8, 4) is 0 Å². The van der Waals surface area contributed by atoms with Gasteiger partial charge in [-0.3, -0.25) is 4.79 Å². The number of nitrogens with two attached hydrogens (primary N) is 1. The SMILES string of the molecule is CCC(C)c1ccccc1/C=C(\C)CCC(=O)CC(C)N. The Morgan fingerprint density at radius 2 is 1.90 bits per heavy atom. The lowest BCUT2D eigenvalue weighted by molar-refractivity contribution is -0.119. The Balaban J connectivity index is 2.72. The average molecular weight is 287 g/mol. The van der Waals surface area contributed by atoms with Gasteiger partial charge in [-0.1, -0.05) is 49.8 Å². The number of carbonyl (C=O) groups is 1. The quantitative estimate of drug-likeness (QED) is 0.753. The van der Waals surface area contributed by atoms with Gasteiger partial charge in [0.05, 0.1) is 0 Å². The Hall–Kier alpha value is -1.41. The van der Waals surface area contributed by atoms with E-state index in [4.69, 9.17) is 5.73 Å². The lowest BCUT2D eigenvalue weighted by Crippen LogP contribution is -2.19. The van der Waals surface area contributed by atoms with Crippen LogP contribution in [0.1, 0.15) is 70.4 Å². The summed E-state index contributed by atoms with van der Waals surface area (Å²) in [5.41, 5.74) is 9.58. The fourth-order valence-electron chi connectivity index (χ4n) is 2.45. The molecule has 0 amide bonds. The summed E-state index contributed by atoms with van der Waals surface area (Å²) in [5.74, 6) is 0.818. The third-order valence-electron chi connectivity index (χ3n) is 3.89. The smallest absolute Gasteiger partial charge is 0.134 e. The number of rotatable bonds is 8. The molecule has 0 saturated carbocycles. The molecular formula is C19H29NO. The van der Waals surface area contributed by atoms with E-state index < -0.39 is 0 Å². The molecule has 0 heterocycles. The van der Waals surface area contributed by atoms with Gasteiger partial charge >= 0.3 is 0 Å². The van der Waals surface area contributed by atoms with Gasteiger partial charge in [-0.15, -0.1) is 0 Å². The molecule has 0 bridgehead atoms. The van der Waals surface area contributed by atoms with Crippen LogP contribution >= 0.6 is 0 Å². The number of benzene rings is 1. The summed E-state index contributed by atoms with van der Waals surface area (Å²) in [6.07, 6.45) is 5.25. The van der Waals surface area contributed by atoms with Gasteiger partial charge in [-0.05, 0) is 43.7 Å². The molecule has 1 aromatic rings. The second-order valence-corrected chi connectivity index (χ2v) is 6.15. The van der Waals surface area contributed by atoms with Crippen LogP contribution in [0.4, 0.5) is 0 Å². The van der Waals surface area contributed by atoms with E-state index in [1.807, 2.05) is 6.92 Å². The normalized spacial score (nSPS) is 14.8. The minimum Gasteiger partial charge on any atom is -0.328 e. The van der Waals surface area contributed by atoms with Gasteiger partial charge in [-0.2, -0.15) is 0 Å². The lowest BCUT2D eigenvalue weighted by Gasteiger charge is -2.13. The molecule has 1 aromatic carbocycles. The topological polar surface area (TPSA) is 43.1 Å². The number of carbonyl (C=O) groups excluding carboxylic acids is 1. The van der Waals surface area contributed by atoms with Crippen molar-refractivity contribution >= 4 is 11.9 Å². The highest BCUT2D eigenvalue weighted by Gasteiger charge is 2.08. The fourth-order valence-corrected chi connectivity index (χ4v) is 2.45. The molecule has 2 unspecified atom stereocenters. The predicted molar refractivity (Wildman–Crippen MR) is 91.3 cm³/mol. The van der Waals surface area contributed by atoms with Crippen LogP contribution in [0.5, 0.6) is 0 Å². The second-order valence-electron chi connectivity index (χ2n) is 6.15. The number of ketones is 1. The minimum absolute atomic E-state index is 0.0343. The van der Waals surface area contributed by atoms with Gasteiger partial charge in [0.15, 0.2) is 0 Å². The maximum atomic E-state index is 11.7. The van der Waals surface area contributed by atoms with Crippen molar-refractivity contribution in [1.82, 2.24) is 0 Å². The third kappa shape index (κ3) is 6.26. The lowest BCUT2D eigenvalue weighted by atomic mass is 9.92. The highest BCUT2D eigenvalue weighted by molar-refractivity contribution is 5.79. The summed E-state index contributed by atoms with van der Waals surface area (Å²) in [7, 11) is 0. The van der Waals surface area contributed by atoms with Crippen LogP contribution in [0, 0.1) is 0 Å². The molecule has 2 atom stereocenters. The Morgan fingerprint density at radius 1 is 1.24 bits per heavy atom. The number of allylic oxidation sites excluding steroid dienone is 1. The van der Waals surface area contributed by atoms with Gasteiger partial charge in [0.1, 0.15) is 5.78 Å². The molecule has 0 aliphatic carbocycles. The molecule has 0 saturated heterocycles. The maximum Gasteiger partial charge on any atom is 0.134 e. The third-order valence-corrected chi connectivity index (χ3v) is 3.89. The maximum absolute atomic E-state index is 11.7. The predicted octanol–water partition coefficient (Wildman–Crippen LogP) is 4.69. The summed E-state index contributed by atoms with van der Waals surface area (Å²) >= 11 is 0. The molecule has 0 radical (unpaired) electrons. The molecule has 2 N–H and O–H groups in total. The first kappa shape index (κ1) is 17.6. The van der Waals surface area contributed by atoms with Crippen molar-refractivity contribution in [3.05, 3.63) is 41.0 Å². The summed E-state index contributed by atoms with van der Waals surface area (Å²) in [6, 6.07) is 8.50. The van der Waals surface area contributed by atoms with E-state index in [0.717, 1.165) is 12.8 Å². The molecule has 2 heteroatoms. The van der Waals surface area contributed by atoms with E-state index in [0.29, 0.717) is 18.8 Å². The zero-order valence-corrected chi connectivity index (χ0v) is 13.9. The summed E-state index contributed by atoms with van der Waals surface area (Å²) in [5, 5.41) is 0. The van der Waals surface area contributed by atoms with Crippen LogP contribution in [0.3, 0.4) is 0 Å². The highest BCUT2D eigenvalue weighted by atomic mass is 16.1. The van der Waals surface area contributed by atoms with E-state index >= 15 is 0 Å². The number of Topliss-reactive ketones (excluding diaryl/α,β-unsaturated/α-hetero) is 1.